The average Bonchev–Trinajstić information content (AvgIpc) is 2.85. The fourth-order valence-electron chi connectivity index (χ4n) is 6.04. The minimum absolute atomic E-state index is 0.00728. The van der Waals surface area contributed by atoms with Gasteiger partial charge in [0.15, 0.2) is 0 Å². The molecule has 6 nitrogen and oxygen atoms in total. The van der Waals surface area contributed by atoms with Gasteiger partial charge in [0.1, 0.15) is 11.9 Å². The lowest BCUT2D eigenvalue weighted by Gasteiger charge is -2.56. The Labute approximate surface area is 223 Å². The summed E-state index contributed by atoms with van der Waals surface area (Å²) in [6.07, 6.45) is 2.23. The van der Waals surface area contributed by atoms with E-state index in [0.717, 1.165) is 37.2 Å². The van der Waals surface area contributed by atoms with Crippen molar-refractivity contribution < 1.29 is 19.1 Å². The van der Waals surface area contributed by atoms with E-state index in [9.17, 15) is 9.59 Å². The highest BCUT2D eigenvalue weighted by Gasteiger charge is 2.54. The van der Waals surface area contributed by atoms with Crippen LogP contribution in [0, 0.1) is 5.92 Å². The number of likely N-dealkylation sites (N-methyl/N-ethyl adjacent to an activating group) is 1. The lowest BCUT2D eigenvalue weighted by atomic mass is 9.56. The number of methoxy groups -OCH3 is 1. The molecule has 0 aromatic heterocycles. The Morgan fingerprint density at radius 1 is 1.17 bits per heavy atom. The van der Waals surface area contributed by atoms with E-state index in [0.29, 0.717) is 16.5 Å². The van der Waals surface area contributed by atoms with Crippen molar-refractivity contribution in [3.05, 3.63) is 63.6 Å². The first-order chi connectivity index (χ1) is 17.1. The molecule has 1 unspecified atom stereocenters. The van der Waals surface area contributed by atoms with Gasteiger partial charge in [-0.05, 0) is 61.8 Å². The molecule has 8 heteroatoms. The summed E-state index contributed by atoms with van der Waals surface area (Å²) in [6.45, 7) is 3.21. The number of esters is 1. The molecule has 0 radical (unpaired) electrons. The van der Waals surface area contributed by atoms with Gasteiger partial charge in [-0.15, -0.1) is 0 Å². The number of carbonyl (C=O) groups is 2. The topological polar surface area (TPSA) is 59.1 Å². The van der Waals surface area contributed by atoms with Crippen LogP contribution in [0.4, 0.5) is 0 Å². The molecule has 0 bridgehead atoms. The van der Waals surface area contributed by atoms with Crippen LogP contribution in [-0.4, -0.2) is 68.1 Å². The molecule has 1 aliphatic heterocycles. The van der Waals surface area contributed by atoms with Gasteiger partial charge >= 0.3 is 5.97 Å². The standard InChI is InChI=1S/C28H34Cl2N2O4/c1-18(33)36-26-15-21(32(3)27(34)13-19-8-9-24(29)25(30)12-19)16-28(10-11-31(2)17-23(26)28)20-6-5-7-22(14-20)35-4/h5-9,12,14,21,23,26H,10-11,13,15-17H2,1-4H3/t21-,23+,26?,28+/m1/s1. The Bertz CT molecular complexity index is 1130. The second kappa shape index (κ2) is 11.0. The second-order valence-electron chi connectivity index (χ2n) is 10.2. The van der Waals surface area contributed by atoms with Crippen molar-refractivity contribution in [2.45, 2.75) is 50.2 Å². The van der Waals surface area contributed by atoms with E-state index in [1.807, 2.05) is 30.1 Å². The molecule has 4 atom stereocenters. The Hall–Kier alpha value is -2.28. The predicted molar refractivity (Wildman–Crippen MR) is 142 cm³/mol. The monoisotopic (exact) mass is 532 g/mol. The SMILES string of the molecule is COc1cccc([C@@]23CCN(C)C[C@H]2C(OC(C)=O)C[C@@H](N(C)C(=O)Cc2ccc(Cl)c(Cl)c2)C3)c1. The van der Waals surface area contributed by atoms with E-state index in [-0.39, 0.29) is 41.8 Å². The highest BCUT2D eigenvalue weighted by atomic mass is 35.5. The minimum atomic E-state index is -0.296. The summed E-state index contributed by atoms with van der Waals surface area (Å²) in [5.74, 6) is 0.613. The van der Waals surface area contributed by atoms with Crippen LogP contribution in [0.15, 0.2) is 42.5 Å². The van der Waals surface area contributed by atoms with Crippen LogP contribution >= 0.6 is 23.2 Å². The van der Waals surface area contributed by atoms with Crippen LogP contribution < -0.4 is 4.74 Å². The molecular weight excluding hydrogens is 499 g/mol. The molecule has 0 N–H and O–H groups in total. The van der Waals surface area contributed by atoms with Gasteiger partial charge in [0.2, 0.25) is 5.91 Å². The van der Waals surface area contributed by atoms with Crippen LogP contribution in [0.25, 0.3) is 0 Å². The first-order valence-electron chi connectivity index (χ1n) is 12.3. The van der Waals surface area contributed by atoms with Gasteiger partial charge in [-0.25, -0.2) is 0 Å². The van der Waals surface area contributed by atoms with Gasteiger partial charge in [-0.3, -0.25) is 9.59 Å². The number of fused-ring (bicyclic) bond motifs is 1. The molecule has 0 spiro atoms. The molecule has 4 rings (SSSR count). The van der Waals surface area contributed by atoms with Crippen LogP contribution in [0.1, 0.15) is 37.3 Å². The van der Waals surface area contributed by atoms with Crippen molar-refractivity contribution in [2.75, 3.05) is 34.3 Å². The van der Waals surface area contributed by atoms with E-state index in [1.54, 1.807) is 19.2 Å². The summed E-state index contributed by atoms with van der Waals surface area (Å²) < 4.78 is 11.5. The highest BCUT2D eigenvalue weighted by Crippen LogP contribution is 2.51. The zero-order valence-corrected chi connectivity index (χ0v) is 22.8. The molecule has 1 saturated heterocycles. The molecule has 2 aromatic carbocycles. The fourth-order valence-corrected chi connectivity index (χ4v) is 6.36. The van der Waals surface area contributed by atoms with Gasteiger partial charge in [0, 0.05) is 44.3 Å². The Morgan fingerprint density at radius 2 is 1.94 bits per heavy atom. The first kappa shape index (κ1) is 26.8. The molecule has 2 fully saturated rings. The number of nitrogens with zero attached hydrogens (tertiary/aromatic N) is 2. The summed E-state index contributed by atoms with van der Waals surface area (Å²) in [7, 11) is 5.63. The number of halogens is 2. The molecule has 1 saturated carbocycles. The predicted octanol–water partition coefficient (Wildman–Crippen LogP) is 4.99. The number of amides is 1. The average molecular weight is 533 g/mol. The lowest BCUT2D eigenvalue weighted by Crippen LogP contribution is -2.61. The maximum Gasteiger partial charge on any atom is 0.302 e. The van der Waals surface area contributed by atoms with Crippen LogP contribution in [0.3, 0.4) is 0 Å². The van der Waals surface area contributed by atoms with Crippen molar-refractivity contribution in [1.29, 1.82) is 0 Å². The molecule has 36 heavy (non-hydrogen) atoms. The summed E-state index contributed by atoms with van der Waals surface area (Å²) in [6, 6.07) is 13.4. The summed E-state index contributed by atoms with van der Waals surface area (Å²) in [5.41, 5.74) is 1.74. The molecule has 2 aromatic rings. The van der Waals surface area contributed by atoms with E-state index < -0.39 is 0 Å². The normalized spacial score (nSPS) is 26.1. The Balaban J connectivity index is 1.67. The van der Waals surface area contributed by atoms with E-state index in [2.05, 4.69) is 24.1 Å². The smallest absolute Gasteiger partial charge is 0.302 e. The third-order valence-corrected chi connectivity index (χ3v) is 8.69. The molecule has 2 aliphatic rings. The Kier molecular flexibility index (Phi) is 8.18. The van der Waals surface area contributed by atoms with Crippen molar-refractivity contribution in [2.24, 2.45) is 5.92 Å². The first-order valence-corrected chi connectivity index (χ1v) is 13.1. The summed E-state index contributed by atoms with van der Waals surface area (Å²) in [5, 5.41) is 0.898. The van der Waals surface area contributed by atoms with Crippen LogP contribution in [0.2, 0.25) is 10.0 Å². The number of piperidine rings is 1. The van der Waals surface area contributed by atoms with Gasteiger partial charge in [0.05, 0.1) is 23.6 Å². The van der Waals surface area contributed by atoms with Gasteiger partial charge in [-0.2, -0.15) is 0 Å². The fraction of sp³-hybridized carbons (Fsp3) is 0.500. The summed E-state index contributed by atoms with van der Waals surface area (Å²) >= 11 is 12.2. The van der Waals surface area contributed by atoms with E-state index in [4.69, 9.17) is 32.7 Å². The van der Waals surface area contributed by atoms with Crippen LogP contribution in [0.5, 0.6) is 5.75 Å². The maximum absolute atomic E-state index is 13.4. The molecule has 1 aliphatic carbocycles. The number of hydrogen-bond donors (Lipinski definition) is 0. The van der Waals surface area contributed by atoms with Gasteiger partial charge in [0.25, 0.3) is 0 Å². The largest absolute Gasteiger partial charge is 0.497 e. The number of ether oxygens (including phenoxy) is 2. The molecule has 1 amide bonds. The van der Waals surface area contributed by atoms with Crippen LogP contribution in [-0.2, 0) is 26.2 Å². The van der Waals surface area contributed by atoms with E-state index >= 15 is 0 Å². The van der Waals surface area contributed by atoms with Crippen molar-refractivity contribution in [3.8, 4) is 5.75 Å². The van der Waals surface area contributed by atoms with E-state index in [1.165, 1.54) is 12.5 Å². The lowest BCUT2D eigenvalue weighted by molar-refractivity contribution is -0.160. The minimum Gasteiger partial charge on any atom is -0.497 e. The van der Waals surface area contributed by atoms with Crippen molar-refractivity contribution in [1.82, 2.24) is 9.80 Å². The van der Waals surface area contributed by atoms with Crippen molar-refractivity contribution >= 4 is 35.1 Å². The maximum atomic E-state index is 13.4. The number of likely N-dealkylation sites (tertiary alicyclic amines) is 1. The zero-order chi connectivity index (χ0) is 26.0. The van der Waals surface area contributed by atoms with Crippen molar-refractivity contribution in [3.63, 3.8) is 0 Å². The highest BCUT2D eigenvalue weighted by molar-refractivity contribution is 6.42. The summed E-state index contributed by atoms with van der Waals surface area (Å²) in [4.78, 5) is 29.7. The molecule has 1 heterocycles. The molecule has 194 valence electrons. The zero-order valence-electron chi connectivity index (χ0n) is 21.3. The third-order valence-electron chi connectivity index (χ3n) is 7.95. The molecular formula is C28H34Cl2N2O4. The van der Waals surface area contributed by atoms with Gasteiger partial charge in [-0.1, -0.05) is 41.4 Å². The number of benzene rings is 2. The number of carbonyl (C=O) groups excluding carboxylic acids is 2. The third kappa shape index (κ3) is 5.51. The number of rotatable bonds is 6. The number of hydrogen-bond acceptors (Lipinski definition) is 5. The van der Waals surface area contributed by atoms with Gasteiger partial charge < -0.3 is 19.3 Å². The Morgan fingerprint density at radius 3 is 2.64 bits per heavy atom. The quantitative estimate of drug-likeness (QED) is 0.490. The second-order valence-corrected chi connectivity index (χ2v) is 11.0.